The molecule has 0 spiro atoms. The molecule has 2 heterocycles. The summed E-state index contributed by atoms with van der Waals surface area (Å²) < 4.78 is 0. The first-order chi connectivity index (χ1) is 9.75. The summed E-state index contributed by atoms with van der Waals surface area (Å²) in [5.41, 5.74) is 1.99. The lowest BCUT2D eigenvalue weighted by molar-refractivity contribution is 0.101. The van der Waals surface area contributed by atoms with Gasteiger partial charge in [0.25, 0.3) is 0 Å². The third kappa shape index (κ3) is 2.73. The maximum absolute atomic E-state index is 11.8. The van der Waals surface area contributed by atoms with Crippen molar-refractivity contribution in [1.82, 2.24) is 4.90 Å². The van der Waals surface area contributed by atoms with E-state index in [4.69, 9.17) is 0 Å². The van der Waals surface area contributed by atoms with E-state index in [0.717, 1.165) is 24.3 Å². The van der Waals surface area contributed by atoms with Gasteiger partial charge in [-0.2, -0.15) is 0 Å². The Morgan fingerprint density at radius 1 is 1.10 bits per heavy atom. The molecule has 2 fully saturated rings. The van der Waals surface area contributed by atoms with E-state index >= 15 is 0 Å². The second kappa shape index (κ2) is 5.96. The van der Waals surface area contributed by atoms with Crippen LogP contribution in [0.5, 0.6) is 0 Å². The molecule has 0 saturated carbocycles. The van der Waals surface area contributed by atoms with Gasteiger partial charge in [-0.25, -0.2) is 0 Å². The summed E-state index contributed by atoms with van der Waals surface area (Å²) in [7, 11) is 0. The summed E-state index contributed by atoms with van der Waals surface area (Å²) in [5, 5.41) is 0. The van der Waals surface area contributed by atoms with E-state index in [9.17, 15) is 4.79 Å². The fourth-order valence-electron chi connectivity index (χ4n) is 3.59. The number of anilines is 1. The Balaban J connectivity index is 1.72. The smallest absolute Gasteiger partial charge is 0.161 e. The number of carbonyl (C=O) groups is 1. The van der Waals surface area contributed by atoms with E-state index in [1.165, 1.54) is 38.8 Å². The van der Waals surface area contributed by atoms with Crippen molar-refractivity contribution >= 4 is 11.5 Å². The van der Waals surface area contributed by atoms with Gasteiger partial charge in [-0.3, -0.25) is 9.69 Å². The molecule has 1 aromatic rings. The number of carbonyl (C=O) groups excluding carboxylic acids is 1. The summed E-state index contributed by atoms with van der Waals surface area (Å²) in [6.07, 6.45) is 5.31. The Kier molecular flexibility index (Phi) is 4.06. The standard InChI is InChI=1S/C17H24N2O/c1-14(20)16-7-3-4-8-17(16)19-12-9-15(13-19)18-10-5-2-6-11-18/h3-4,7-8,15H,2,5-6,9-13H2,1H3. The highest BCUT2D eigenvalue weighted by molar-refractivity contribution is 5.99. The number of benzene rings is 1. The number of para-hydroxylation sites is 1. The normalized spacial score (nSPS) is 24.1. The van der Waals surface area contributed by atoms with E-state index < -0.39 is 0 Å². The van der Waals surface area contributed by atoms with Crippen molar-refractivity contribution in [3.63, 3.8) is 0 Å². The summed E-state index contributed by atoms with van der Waals surface area (Å²) in [4.78, 5) is 16.8. The Labute approximate surface area is 121 Å². The number of hydrogen-bond acceptors (Lipinski definition) is 3. The number of hydrogen-bond donors (Lipinski definition) is 0. The molecule has 0 aliphatic carbocycles. The van der Waals surface area contributed by atoms with Gasteiger partial charge in [0.05, 0.1) is 0 Å². The highest BCUT2D eigenvalue weighted by Gasteiger charge is 2.29. The van der Waals surface area contributed by atoms with Crippen molar-refractivity contribution in [3.05, 3.63) is 29.8 Å². The van der Waals surface area contributed by atoms with Crippen LogP contribution < -0.4 is 4.90 Å². The second-order valence-corrected chi connectivity index (χ2v) is 6.06. The maximum atomic E-state index is 11.8. The summed E-state index contributed by atoms with van der Waals surface area (Å²) in [5.74, 6) is 0.169. The quantitative estimate of drug-likeness (QED) is 0.790. The number of ketones is 1. The molecule has 2 saturated heterocycles. The average molecular weight is 272 g/mol. The predicted octanol–water partition coefficient (Wildman–Crippen LogP) is 2.95. The molecular weight excluding hydrogens is 248 g/mol. The molecule has 0 N–H and O–H groups in total. The van der Waals surface area contributed by atoms with Crippen LogP contribution in [0.25, 0.3) is 0 Å². The summed E-state index contributed by atoms with van der Waals surface area (Å²) in [6.45, 7) is 6.33. The van der Waals surface area contributed by atoms with E-state index in [0.29, 0.717) is 6.04 Å². The fourth-order valence-corrected chi connectivity index (χ4v) is 3.59. The number of likely N-dealkylation sites (tertiary alicyclic amines) is 1. The van der Waals surface area contributed by atoms with Crippen molar-refractivity contribution in [3.8, 4) is 0 Å². The molecular formula is C17H24N2O. The van der Waals surface area contributed by atoms with Crippen LogP contribution in [0, 0.1) is 0 Å². The first-order valence-corrected chi connectivity index (χ1v) is 7.84. The van der Waals surface area contributed by atoms with E-state index in [1.54, 1.807) is 6.92 Å². The minimum Gasteiger partial charge on any atom is -0.369 e. The fraction of sp³-hybridized carbons (Fsp3) is 0.588. The maximum Gasteiger partial charge on any atom is 0.161 e. The lowest BCUT2D eigenvalue weighted by Gasteiger charge is -2.32. The SMILES string of the molecule is CC(=O)c1ccccc1N1CCC(N2CCCCC2)C1. The van der Waals surface area contributed by atoms with E-state index in [-0.39, 0.29) is 5.78 Å². The second-order valence-electron chi connectivity index (χ2n) is 6.06. The van der Waals surface area contributed by atoms with Crippen LogP contribution in [0.15, 0.2) is 24.3 Å². The lowest BCUT2D eigenvalue weighted by Crippen LogP contribution is -2.41. The highest BCUT2D eigenvalue weighted by atomic mass is 16.1. The van der Waals surface area contributed by atoms with E-state index in [2.05, 4.69) is 15.9 Å². The van der Waals surface area contributed by atoms with E-state index in [1.807, 2.05) is 18.2 Å². The number of piperidine rings is 1. The Morgan fingerprint density at radius 3 is 2.60 bits per heavy atom. The first kappa shape index (κ1) is 13.6. The zero-order chi connectivity index (χ0) is 13.9. The number of rotatable bonds is 3. The molecule has 0 bridgehead atoms. The average Bonchev–Trinajstić information content (AvgIpc) is 2.98. The molecule has 3 rings (SSSR count). The van der Waals surface area contributed by atoms with Crippen LogP contribution in [0.1, 0.15) is 43.0 Å². The first-order valence-electron chi connectivity index (χ1n) is 7.84. The Bertz CT molecular complexity index is 480. The molecule has 20 heavy (non-hydrogen) atoms. The van der Waals surface area contributed by atoms with Gasteiger partial charge >= 0.3 is 0 Å². The number of nitrogens with zero attached hydrogens (tertiary/aromatic N) is 2. The topological polar surface area (TPSA) is 23.6 Å². The molecule has 108 valence electrons. The molecule has 0 amide bonds. The zero-order valence-corrected chi connectivity index (χ0v) is 12.3. The highest BCUT2D eigenvalue weighted by Crippen LogP contribution is 2.27. The van der Waals surface area contributed by atoms with Gasteiger partial charge in [0.1, 0.15) is 0 Å². The summed E-state index contributed by atoms with van der Waals surface area (Å²) >= 11 is 0. The largest absolute Gasteiger partial charge is 0.369 e. The minimum atomic E-state index is 0.169. The molecule has 3 nitrogen and oxygen atoms in total. The summed E-state index contributed by atoms with van der Waals surface area (Å²) in [6, 6.07) is 8.71. The van der Waals surface area contributed by atoms with Crippen molar-refractivity contribution in [2.75, 3.05) is 31.1 Å². The minimum absolute atomic E-state index is 0.169. The lowest BCUT2D eigenvalue weighted by atomic mass is 10.1. The van der Waals surface area contributed by atoms with Crippen LogP contribution >= 0.6 is 0 Å². The molecule has 2 aliphatic rings. The Morgan fingerprint density at radius 2 is 1.85 bits per heavy atom. The molecule has 0 radical (unpaired) electrons. The zero-order valence-electron chi connectivity index (χ0n) is 12.3. The van der Waals surface area contributed by atoms with Gasteiger partial charge in [-0.05, 0) is 51.4 Å². The van der Waals surface area contributed by atoms with Crippen LogP contribution in [0.3, 0.4) is 0 Å². The molecule has 2 aliphatic heterocycles. The van der Waals surface area contributed by atoms with Gasteiger partial charge in [-0.15, -0.1) is 0 Å². The van der Waals surface area contributed by atoms with Crippen molar-refractivity contribution in [2.24, 2.45) is 0 Å². The van der Waals surface area contributed by atoms with Crippen molar-refractivity contribution in [2.45, 2.75) is 38.6 Å². The van der Waals surface area contributed by atoms with Gasteiger partial charge < -0.3 is 4.90 Å². The van der Waals surface area contributed by atoms with Crippen molar-refractivity contribution < 1.29 is 4.79 Å². The van der Waals surface area contributed by atoms with Crippen molar-refractivity contribution in [1.29, 1.82) is 0 Å². The van der Waals surface area contributed by atoms with Gasteiger partial charge in [-0.1, -0.05) is 18.6 Å². The van der Waals surface area contributed by atoms with Gasteiger partial charge in [0, 0.05) is 30.4 Å². The Hall–Kier alpha value is -1.35. The molecule has 1 aromatic carbocycles. The number of Topliss-reactive ketones (excluding diaryl/α,β-unsaturated/α-hetero) is 1. The van der Waals surface area contributed by atoms with Crippen LogP contribution in [-0.4, -0.2) is 42.9 Å². The molecule has 0 aromatic heterocycles. The predicted molar refractivity (Wildman–Crippen MR) is 82.5 cm³/mol. The monoisotopic (exact) mass is 272 g/mol. The molecule has 3 heteroatoms. The molecule has 1 atom stereocenters. The van der Waals surface area contributed by atoms with Gasteiger partial charge in [0.2, 0.25) is 0 Å². The van der Waals surface area contributed by atoms with Crippen LogP contribution in [0.4, 0.5) is 5.69 Å². The third-order valence-electron chi connectivity index (χ3n) is 4.69. The van der Waals surface area contributed by atoms with Crippen LogP contribution in [-0.2, 0) is 0 Å². The van der Waals surface area contributed by atoms with Gasteiger partial charge in [0.15, 0.2) is 5.78 Å². The van der Waals surface area contributed by atoms with Crippen LogP contribution in [0.2, 0.25) is 0 Å². The molecule has 1 unspecified atom stereocenters. The third-order valence-corrected chi connectivity index (χ3v) is 4.69.